The molecule has 0 heterocycles. The van der Waals surface area contributed by atoms with Crippen molar-refractivity contribution >= 4 is 18.0 Å². The van der Waals surface area contributed by atoms with Crippen molar-refractivity contribution in [2.45, 2.75) is 37.8 Å². The molecule has 3 aromatic carbocycles. The molecule has 4 rings (SSSR count). The fourth-order valence-electron chi connectivity index (χ4n) is 4.34. The van der Waals surface area contributed by atoms with Crippen LogP contribution in [-0.4, -0.2) is 35.2 Å². The van der Waals surface area contributed by atoms with Gasteiger partial charge in [0.25, 0.3) is 0 Å². The summed E-state index contributed by atoms with van der Waals surface area (Å²) in [7, 11) is 0. The lowest BCUT2D eigenvalue weighted by Crippen LogP contribution is -2.55. The van der Waals surface area contributed by atoms with Gasteiger partial charge in [0.15, 0.2) is 0 Å². The number of carbonyl (C=O) groups excluding carboxylic acids is 2. The lowest BCUT2D eigenvalue weighted by Gasteiger charge is -2.28. The Balaban J connectivity index is 1.50. The van der Waals surface area contributed by atoms with Crippen molar-refractivity contribution in [1.29, 1.82) is 0 Å². The van der Waals surface area contributed by atoms with Gasteiger partial charge in [0.05, 0.1) is 0 Å². The number of amides is 2. The molecule has 0 radical (unpaired) electrons. The van der Waals surface area contributed by atoms with Gasteiger partial charge in [0.2, 0.25) is 5.91 Å². The van der Waals surface area contributed by atoms with E-state index in [0.29, 0.717) is 5.56 Å². The molecule has 2 amide bonds. The van der Waals surface area contributed by atoms with Gasteiger partial charge in [-0.05, 0) is 41.2 Å². The molecule has 0 spiro atoms. The molecule has 7 heteroatoms. The lowest BCUT2D eigenvalue weighted by molar-refractivity contribution is -0.147. The molecule has 3 aromatic rings. The molecule has 35 heavy (non-hydrogen) atoms. The molecular weight excluding hydrogens is 444 g/mol. The Kier molecular flexibility index (Phi) is 6.87. The number of carboxylic acid groups (broad SMARTS) is 1. The maximum absolute atomic E-state index is 13.1. The summed E-state index contributed by atoms with van der Waals surface area (Å²) in [6.07, 6.45) is -0.579. The minimum atomic E-state index is -1.47. The van der Waals surface area contributed by atoms with Gasteiger partial charge >= 0.3 is 12.1 Å². The second-order valence-corrected chi connectivity index (χ2v) is 8.79. The van der Waals surface area contributed by atoms with Gasteiger partial charge in [-0.25, -0.2) is 9.59 Å². The number of fused-ring (bicyclic) bond motifs is 3. The molecule has 7 nitrogen and oxygen atoms in total. The second kappa shape index (κ2) is 10.0. The van der Waals surface area contributed by atoms with E-state index in [1.807, 2.05) is 36.4 Å². The summed E-state index contributed by atoms with van der Waals surface area (Å²) in [5.74, 6) is -1.90. The monoisotopic (exact) mass is 472 g/mol. The summed E-state index contributed by atoms with van der Waals surface area (Å²) >= 11 is 0. The van der Waals surface area contributed by atoms with Crippen LogP contribution in [0, 0.1) is 0 Å². The predicted octanol–water partition coefficient (Wildman–Crippen LogP) is 4.64. The first-order chi connectivity index (χ1) is 16.8. The van der Waals surface area contributed by atoms with Gasteiger partial charge in [0.1, 0.15) is 18.2 Å². The van der Waals surface area contributed by atoms with Crippen LogP contribution in [0.4, 0.5) is 4.79 Å². The molecule has 0 aromatic heterocycles. The smallest absolute Gasteiger partial charge is 0.408 e. The third kappa shape index (κ3) is 4.89. The zero-order chi connectivity index (χ0) is 25.0. The van der Waals surface area contributed by atoms with E-state index in [0.717, 1.165) is 22.3 Å². The molecule has 2 atom stereocenters. The minimum absolute atomic E-state index is 0.102. The number of carbonyl (C=O) groups is 3. The van der Waals surface area contributed by atoms with Gasteiger partial charge < -0.3 is 20.5 Å². The van der Waals surface area contributed by atoms with Gasteiger partial charge in [-0.1, -0.05) is 85.8 Å². The molecule has 180 valence electrons. The van der Waals surface area contributed by atoms with E-state index >= 15 is 0 Å². The molecule has 1 aliphatic rings. The summed E-state index contributed by atoms with van der Waals surface area (Å²) < 4.78 is 5.60. The third-order valence-corrected chi connectivity index (χ3v) is 6.58. The highest BCUT2D eigenvalue weighted by Gasteiger charge is 2.36. The standard InChI is InChI=1S/C28H28N2O5/c1-3-28(2,26(32)33)30-25(31)24(18-11-5-4-6-12-18)29-27(34)35-17-23-21-15-9-7-13-19(21)20-14-8-10-16-22(20)23/h4-16,23-24H,3,17H2,1-2H3,(H,29,34)(H,30,31)(H,32,33)/t24-,28?/m0/s1. The van der Waals surface area contributed by atoms with E-state index in [1.54, 1.807) is 37.3 Å². The van der Waals surface area contributed by atoms with Crippen LogP contribution in [0.2, 0.25) is 0 Å². The SMILES string of the molecule is CCC(C)(NC(=O)[C@@H](NC(=O)OCC1c2ccccc2-c2ccccc21)c1ccccc1)C(=O)O. The Morgan fingerprint density at radius 1 is 0.914 bits per heavy atom. The zero-order valence-corrected chi connectivity index (χ0v) is 19.7. The number of aliphatic carboxylic acids is 1. The van der Waals surface area contributed by atoms with Crippen molar-refractivity contribution < 1.29 is 24.2 Å². The number of nitrogens with one attached hydrogen (secondary N) is 2. The molecule has 0 saturated heterocycles. The van der Waals surface area contributed by atoms with Crippen molar-refractivity contribution in [3.63, 3.8) is 0 Å². The molecule has 0 fully saturated rings. The van der Waals surface area contributed by atoms with Crippen LogP contribution in [0.5, 0.6) is 0 Å². The van der Waals surface area contributed by atoms with Crippen LogP contribution < -0.4 is 10.6 Å². The minimum Gasteiger partial charge on any atom is -0.480 e. The van der Waals surface area contributed by atoms with Crippen LogP contribution in [0.25, 0.3) is 11.1 Å². The van der Waals surface area contributed by atoms with Crippen molar-refractivity contribution in [1.82, 2.24) is 10.6 Å². The Labute approximate surface area is 204 Å². The Hall–Kier alpha value is -4.13. The maximum atomic E-state index is 13.1. The highest BCUT2D eigenvalue weighted by molar-refractivity contribution is 5.91. The van der Waals surface area contributed by atoms with E-state index in [2.05, 4.69) is 22.8 Å². The largest absolute Gasteiger partial charge is 0.480 e. The van der Waals surface area contributed by atoms with E-state index < -0.39 is 29.6 Å². The van der Waals surface area contributed by atoms with Crippen molar-refractivity contribution in [3.05, 3.63) is 95.6 Å². The van der Waals surface area contributed by atoms with E-state index in [4.69, 9.17) is 4.74 Å². The van der Waals surface area contributed by atoms with Crippen LogP contribution in [0.3, 0.4) is 0 Å². The molecule has 3 N–H and O–H groups in total. The number of carboxylic acids is 1. The second-order valence-electron chi connectivity index (χ2n) is 8.79. The highest BCUT2D eigenvalue weighted by atomic mass is 16.5. The Morgan fingerprint density at radius 2 is 1.46 bits per heavy atom. The Morgan fingerprint density at radius 3 is 2.00 bits per heavy atom. The maximum Gasteiger partial charge on any atom is 0.408 e. The average Bonchev–Trinajstić information content (AvgIpc) is 3.20. The van der Waals surface area contributed by atoms with E-state index in [9.17, 15) is 19.5 Å². The normalized spacial score (nSPS) is 14.7. The summed E-state index contributed by atoms with van der Waals surface area (Å²) in [5.41, 5.74) is 3.45. The van der Waals surface area contributed by atoms with Crippen LogP contribution in [-0.2, 0) is 14.3 Å². The van der Waals surface area contributed by atoms with Crippen LogP contribution in [0.15, 0.2) is 78.9 Å². The first-order valence-corrected chi connectivity index (χ1v) is 11.6. The van der Waals surface area contributed by atoms with Crippen molar-refractivity contribution in [2.75, 3.05) is 6.61 Å². The summed E-state index contributed by atoms with van der Waals surface area (Å²) in [6, 6.07) is 23.6. The summed E-state index contributed by atoms with van der Waals surface area (Å²) in [4.78, 5) is 37.6. The molecule has 1 aliphatic carbocycles. The van der Waals surface area contributed by atoms with Gasteiger partial charge in [-0.3, -0.25) is 4.79 Å². The number of rotatable bonds is 8. The molecular formula is C28H28N2O5. The number of alkyl carbamates (subject to hydrolysis) is 1. The van der Waals surface area contributed by atoms with Gasteiger partial charge in [-0.15, -0.1) is 0 Å². The number of hydrogen-bond acceptors (Lipinski definition) is 4. The van der Waals surface area contributed by atoms with Crippen LogP contribution >= 0.6 is 0 Å². The van der Waals surface area contributed by atoms with Crippen molar-refractivity contribution in [2.24, 2.45) is 0 Å². The third-order valence-electron chi connectivity index (χ3n) is 6.58. The van der Waals surface area contributed by atoms with E-state index in [-0.39, 0.29) is 18.9 Å². The van der Waals surface area contributed by atoms with E-state index in [1.165, 1.54) is 6.92 Å². The Bertz CT molecular complexity index is 1200. The van der Waals surface area contributed by atoms with Gasteiger partial charge in [0, 0.05) is 5.92 Å². The first-order valence-electron chi connectivity index (χ1n) is 11.6. The number of ether oxygens (including phenoxy) is 1. The zero-order valence-electron chi connectivity index (χ0n) is 19.7. The lowest BCUT2D eigenvalue weighted by atomic mass is 9.97. The molecule has 0 bridgehead atoms. The predicted molar refractivity (Wildman–Crippen MR) is 132 cm³/mol. The molecule has 1 unspecified atom stereocenters. The fraction of sp³-hybridized carbons (Fsp3) is 0.250. The quantitative estimate of drug-likeness (QED) is 0.443. The highest BCUT2D eigenvalue weighted by Crippen LogP contribution is 2.44. The average molecular weight is 473 g/mol. The van der Waals surface area contributed by atoms with Crippen LogP contribution in [0.1, 0.15) is 48.9 Å². The number of benzene rings is 3. The first kappa shape index (κ1) is 24.0. The molecule has 0 saturated carbocycles. The molecule has 0 aliphatic heterocycles. The van der Waals surface area contributed by atoms with Gasteiger partial charge in [-0.2, -0.15) is 0 Å². The van der Waals surface area contributed by atoms with Crippen molar-refractivity contribution in [3.8, 4) is 11.1 Å². The summed E-state index contributed by atoms with van der Waals surface area (Å²) in [6.45, 7) is 3.21. The fourth-order valence-corrected chi connectivity index (χ4v) is 4.34. The summed E-state index contributed by atoms with van der Waals surface area (Å²) in [5, 5.41) is 14.7. The topological polar surface area (TPSA) is 105 Å². The number of hydrogen-bond donors (Lipinski definition) is 3.